The molecule has 136 valence electrons. The lowest BCUT2D eigenvalue weighted by atomic mass is 9.92. The van der Waals surface area contributed by atoms with E-state index >= 15 is 0 Å². The van der Waals surface area contributed by atoms with Crippen LogP contribution in [0.25, 0.3) is 10.9 Å². The molecule has 0 bridgehead atoms. The van der Waals surface area contributed by atoms with Crippen LogP contribution in [0, 0.1) is 0 Å². The largest absolute Gasteiger partial charge is 0.381 e. The highest BCUT2D eigenvalue weighted by Crippen LogP contribution is 2.29. The van der Waals surface area contributed by atoms with E-state index in [4.69, 9.17) is 0 Å². The molecule has 1 atom stereocenters. The second-order valence-corrected chi connectivity index (χ2v) is 6.88. The van der Waals surface area contributed by atoms with E-state index in [1.54, 1.807) is 13.1 Å². The van der Waals surface area contributed by atoms with E-state index in [0.29, 0.717) is 6.54 Å². The molecule has 2 heterocycles. The zero-order valence-electron chi connectivity index (χ0n) is 15.2. The summed E-state index contributed by atoms with van der Waals surface area (Å²) in [5.74, 6) is -0.252. The highest BCUT2D eigenvalue weighted by Gasteiger charge is 2.47. The lowest BCUT2D eigenvalue weighted by Gasteiger charge is -2.22. The zero-order chi connectivity index (χ0) is 19.0. The smallest absolute Gasteiger partial charge is 0.325 e. The summed E-state index contributed by atoms with van der Waals surface area (Å²) in [6.45, 7) is 2.40. The number of hydrogen-bond donors (Lipinski definition) is 2. The van der Waals surface area contributed by atoms with Gasteiger partial charge in [-0.15, -0.1) is 0 Å². The third kappa shape index (κ3) is 2.99. The Bertz CT molecular complexity index is 1030. The van der Waals surface area contributed by atoms with E-state index in [2.05, 4.69) is 27.8 Å². The van der Waals surface area contributed by atoms with Crippen molar-refractivity contribution in [2.75, 3.05) is 12.4 Å². The molecule has 27 heavy (non-hydrogen) atoms. The maximum Gasteiger partial charge on any atom is 0.325 e. The SMILES string of the molecule is CN1C(=O)NC(C)(c2ccc(NCc3ccc4ncccc4c3)cc2)C1=O. The van der Waals surface area contributed by atoms with E-state index in [1.807, 2.05) is 42.5 Å². The average Bonchev–Trinajstić information content (AvgIpc) is 2.90. The molecule has 0 radical (unpaired) electrons. The third-order valence-corrected chi connectivity index (χ3v) is 5.02. The van der Waals surface area contributed by atoms with Crippen molar-refractivity contribution in [1.29, 1.82) is 0 Å². The molecule has 0 aliphatic carbocycles. The van der Waals surface area contributed by atoms with Crippen LogP contribution in [0.2, 0.25) is 0 Å². The molecular formula is C21H20N4O2. The van der Waals surface area contributed by atoms with Crippen molar-refractivity contribution >= 4 is 28.5 Å². The molecule has 0 spiro atoms. The Labute approximate surface area is 157 Å². The average molecular weight is 360 g/mol. The van der Waals surface area contributed by atoms with Crippen molar-refractivity contribution < 1.29 is 9.59 Å². The van der Waals surface area contributed by atoms with Crippen LogP contribution in [0.3, 0.4) is 0 Å². The number of imide groups is 1. The summed E-state index contributed by atoms with van der Waals surface area (Å²) in [5.41, 5.74) is 2.82. The number of carbonyl (C=O) groups is 2. The number of aromatic nitrogens is 1. The molecule has 1 aliphatic rings. The minimum Gasteiger partial charge on any atom is -0.381 e. The van der Waals surface area contributed by atoms with Crippen LogP contribution >= 0.6 is 0 Å². The number of nitrogens with zero attached hydrogens (tertiary/aromatic N) is 2. The molecule has 1 unspecified atom stereocenters. The molecule has 1 aromatic heterocycles. The molecule has 4 rings (SSSR count). The number of likely N-dealkylation sites (N-methyl/N-ethyl adjacent to an activating group) is 1. The van der Waals surface area contributed by atoms with E-state index in [-0.39, 0.29) is 11.9 Å². The van der Waals surface area contributed by atoms with Gasteiger partial charge in [-0.25, -0.2) is 4.79 Å². The molecule has 3 aromatic rings. The van der Waals surface area contributed by atoms with Gasteiger partial charge in [0.1, 0.15) is 5.54 Å². The molecular weight excluding hydrogens is 340 g/mol. The van der Waals surface area contributed by atoms with E-state index in [9.17, 15) is 9.59 Å². The summed E-state index contributed by atoms with van der Waals surface area (Å²) in [7, 11) is 1.48. The van der Waals surface area contributed by atoms with E-state index < -0.39 is 5.54 Å². The van der Waals surface area contributed by atoms with Crippen LogP contribution in [-0.2, 0) is 16.9 Å². The topological polar surface area (TPSA) is 74.3 Å². The quantitative estimate of drug-likeness (QED) is 0.701. The van der Waals surface area contributed by atoms with Gasteiger partial charge in [0.25, 0.3) is 5.91 Å². The van der Waals surface area contributed by atoms with Crippen LogP contribution in [-0.4, -0.2) is 28.9 Å². The van der Waals surface area contributed by atoms with Gasteiger partial charge >= 0.3 is 6.03 Å². The minimum absolute atomic E-state index is 0.252. The number of pyridine rings is 1. The van der Waals surface area contributed by atoms with Gasteiger partial charge in [0.2, 0.25) is 0 Å². The number of carbonyl (C=O) groups excluding carboxylic acids is 2. The Hall–Kier alpha value is -3.41. The predicted molar refractivity (Wildman–Crippen MR) is 104 cm³/mol. The van der Waals surface area contributed by atoms with Gasteiger partial charge in [0.05, 0.1) is 5.52 Å². The summed E-state index contributed by atoms with van der Waals surface area (Å²) in [6, 6.07) is 17.4. The molecule has 6 nitrogen and oxygen atoms in total. The molecule has 0 saturated carbocycles. The van der Waals surface area contributed by atoms with Gasteiger partial charge in [-0.3, -0.25) is 14.7 Å². The van der Waals surface area contributed by atoms with Crippen molar-refractivity contribution in [3.05, 3.63) is 71.9 Å². The number of nitrogens with one attached hydrogen (secondary N) is 2. The summed E-state index contributed by atoms with van der Waals surface area (Å²) >= 11 is 0. The number of urea groups is 1. The molecule has 6 heteroatoms. The summed E-state index contributed by atoms with van der Waals surface area (Å²) in [5, 5.41) is 7.24. The Balaban J connectivity index is 1.48. The minimum atomic E-state index is -1.02. The Morgan fingerprint density at radius 1 is 1.11 bits per heavy atom. The number of rotatable bonds is 4. The van der Waals surface area contributed by atoms with Gasteiger partial charge < -0.3 is 10.6 Å². The van der Waals surface area contributed by atoms with Gasteiger partial charge in [0.15, 0.2) is 0 Å². The number of benzene rings is 2. The third-order valence-electron chi connectivity index (χ3n) is 5.02. The lowest BCUT2D eigenvalue weighted by molar-refractivity contribution is -0.130. The van der Waals surface area contributed by atoms with Crippen molar-refractivity contribution in [2.45, 2.75) is 19.0 Å². The first kappa shape index (κ1) is 17.0. The van der Waals surface area contributed by atoms with E-state index in [0.717, 1.165) is 32.6 Å². The zero-order valence-corrected chi connectivity index (χ0v) is 15.2. The second-order valence-electron chi connectivity index (χ2n) is 6.88. The van der Waals surface area contributed by atoms with E-state index in [1.165, 1.54) is 7.05 Å². The summed E-state index contributed by atoms with van der Waals surface area (Å²) in [4.78, 5) is 29.6. The summed E-state index contributed by atoms with van der Waals surface area (Å²) in [6.07, 6.45) is 1.79. The maximum atomic E-state index is 12.4. The molecule has 3 amide bonds. The van der Waals surface area contributed by atoms with Crippen LogP contribution < -0.4 is 10.6 Å². The van der Waals surface area contributed by atoms with Crippen LogP contribution in [0.4, 0.5) is 10.5 Å². The standard InChI is InChI=1S/C21H20N4O2/c1-21(19(26)25(2)20(27)24-21)16-6-8-17(9-7-16)23-13-14-5-10-18-15(12-14)4-3-11-22-18/h3-12,23H,13H2,1-2H3,(H,24,27). The molecule has 1 saturated heterocycles. The number of fused-ring (bicyclic) bond motifs is 1. The van der Waals surface area contributed by atoms with Crippen molar-refractivity contribution in [3.63, 3.8) is 0 Å². The number of amides is 3. The monoisotopic (exact) mass is 360 g/mol. The normalized spacial score (nSPS) is 19.4. The van der Waals surface area contributed by atoms with Gasteiger partial charge in [0, 0.05) is 30.9 Å². The first-order chi connectivity index (χ1) is 13.0. The highest BCUT2D eigenvalue weighted by atomic mass is 16.2. The Morgan fingerprint density at radius 3 is 2.59 bits per heavy atom. The predicted octanol–water partition coefficient (Wildman–Crippen LogP) is 3.24. The lowest BCUT2D eigenvalue weighted by Crippen LogP contribution is -2.40. The number of anilines is 1. The first-order valence-electron chi connectivity index (χ1n) is 8.76. The van der Waals surface area contributed by atoms with Crippen molar-refractivity contribution in [3.8, 4) is 0 Å². The van der Waals surface area contributed by atoms with Crippen molar-refractivity contribution in [1.82, 2.24) is 15.2 Å². The van der Waals surface area contributed by atoms with Crippen LogP contribution in [0.15, 0.2) is 60.8 Å². The fraction of sp³-hybridized carbons (Fsp3) is 0.190. The van der Waals surface area contributed by atoms with Crippen LogP contribution in [0.1, 0.15) is 18.1 Å². The molecule has 1 fully saturated rings. The van der Waals surface area contributed by atoms with Gasteiger partial charge in [-0.2, -0.15) is 0 Å². The fourth-order valence-electron chi connectivity index (χ4n) is 3.34. The van der Waals surface area contributed by atoms with Gasteiger partial charge in [-0.05, 0) is 48.4 Å². The second kappa shape index (κ2) is 6.39. The fourth-order valence-corrected chi connectivity index (χ4v) is 3.34. The van der Waals surface area contributed by atoms with Crippen LogP contribution in [0.5, 0.6) is 0 Å². The Morgan fingerprint density at radius 2 is 1.89 bits per heavy atom. The molecule has 2 N–H and O–H groups in total. The highest BCUT2D eigenvalue weighted by molar-refractivity contribution is 6.06. The summed E-state index contributed by atoms with van der Waals surface area (Å²) < 4.78 is 0. The molecule has 1 aliphatic heterocycles. The number of hydrogen-bond acceptors (Lipinski definition) is 4. The van der Waals surface area contributed by atoms with Gasteiger partial charge in [-0.1, -0.05) is 24.3 Å². The Kier molecular flexibility index (Phi) is 4.03. The molecule has 2 aromatic carbocycles. The maximum absolute atomic E-state index is 12.4. The first-order valence-corrected chi connectivity index (χ1v) is 8.76. The van der Waals surface area contributed by atoms with Crippen molar-refractivity contribution in [2.24, 2.45) is 0 Å².